The van der Waals surface area contributed by atoms with Gasteiger partial charge in [0.2, 0.25) is 0 Å². The Labute approximate surface area is 151 Å². The third kappa shape index (κ3) is 3.49. The van der Waals surface area contributed by atoms with E-state index in [1.54, 1.807) is 11.0 Å². The van der Waals surface area contributed by atoms with Crippen LogP contribution in [-0.4, -0.2) is 41.9 Å². The fraction of sp³-hybridized carbons (Fsp3) is 0.263. The molecule has 0 bridgehead atoms. The lowest BCUT2D eigenvalue weighted by Crippen LogP contribution is -2.49. The van der Waals surface area contributed by atoms with Gasteiger partial charge in [0.1, 0.15) is 6.07 Å². The zero-order valence-electron chi connectivity index (χ0n) is 14.4. The molecule has 2 aromatic carbocycles. The lowest BCUT2D eigenvalue weighted by molar-refractivity contribution is -0.384. The molecule has 26 heavy (non-hydrogen) atoms. The van der Waals surface area contributed by atoms with E-state index in [0.717, 1.165) is 5.56 Å². The summed E-state index contributed by atoms with van der Waals surface area (Å²) in [5.74, 6) is -0.00226. The van der Waals surface area contributed by atoms with Crippen molar-refractivity contribution < 1.29 is 9.72 Å². The number of piperazine rings is 1. The van der Waals surface area contributed by atoms with Crippen molar-refractivity contribution in [2.45, 2.75) is 6.92 Å². The molecule has 7 heteroatoms. The summed E-state index contributed by atoms with van der Waals surface area (Å²) in [5.41, 5.74) is 2.56. The smallest absolute Gasteiger partial charge is 0.270 e. The summed E-state index contributed by atoms with van der Waals surface area (Å²) in [6.07, 6.45) is 0. The zero-order chi connectivity index (χ0) is 18.7. The maximum atomic E-state index is 12.6. The molecular formula is C19H18N4O3. The number of nitriles is 1. The number of nitro groups is 1. The minimum absolute atomic E-state index is 0.00226. The van der Waals surface area contributed by atoms with E-state index in [1.165, 1.54) is 12.1 Å². The van der Waals surface area contributed by atoms with Crippen molar-refractivity contribution in [1.29, 1.82) is 5.26 Å². The normalized spacial score (nSPS) is 14.0. The topological polar surface area (TPSA) is 90.5 Å². The largest absolute Gasteiger partial charge is 0.367 e. The quantitative estimate of drug-likeness (QED) is 0.627. The minimum atomic E-state index is -0.511. The fourth-order valence-corrected chi connectivity index (χ4v) is 3.11. The van der Waals surface area contributed by atoms with Crippen molar-refractivity contribution in [3.05, 3.63) is 69.3 Å². The van der Waals surface area contributed by atoms with Gasteiger partial charge in [-0.05, 0) is 25.1 Å². The maximum absolute atomic E-state index is 12.6. The average molecular weight is 350 g/mol. The van der Waals surface area contributed by atoms with Gasteiger partial charge in [-0.2, -0.15) is 5.26 Å². The van der Waals surface area contributed by atoms with Gasteiger partial charge in [-0.3, -0.25) is 14.9 Å². The summed E-state index contributed by atoms with van der Waals surface area (Å²) in [6, 6.07) is 13.8. The van der Waals surface area contributed by atoms with Gasteiger partial charge in [0, 0.05) is 43.9 Å². The molecule has 0 saturated carbocycles. The first-order valence-corrected chi connectivity index (χ1v) is 8.29. The highest BCUT2D eigenvalue weighted by atomic mass is 16.6. The molecule has 0 aliphatic carbocycles. The Morgan fingerprint density at radius 3 is 2.50 bits per heavy atom. The summed E-state index contributed by atoms with van der Waals surface area (Å²) >= 11 is 0. The number of benzene rings is 2. The van der Waals surface area contributed by atoms with Gasteiger partial charge in [0.25, 0.3) is 11.6 Å². The molecule has 7 nitrogen and oxygen atoms in total. The number of non-ortho nitro benzene ring substituents is 1. The van der Waals surface area contributed by atoms with Gasteiger partial charge in [-0.15, -0.1) is 0 Å². The number of carbonyl (C=O) groups is 1. The van der Waals surface area contributed by atoms with Gasteiger partial charge in [-0.25, -0.2) is 0 Å². The molecule has 1 amide bonds. The van der Waals surface area contributed by atoms with Crippen molar-refractivity contribution in [3.63, 3.8) is 0 Å². The van der Waals surface area contributed by atoms with Crippen molar-refractivity contribution >= 4 is 17.3 Å². The van der Waals surface area contributed by atoms with Crippen LogP contribution in [-0.2, 0) is 0 Å². The van der Waals surface area contributed by atoms with Crippen LogP contribution in [0, 0.1) is 28.4 Å². The summed E-state index contributed by atoms with van der Waals surface area (Å²) in [4.78, 5) is 26.8. The first-order valence-electron chi connectivity index (χ1n) is 8.29. The summed E-state index contributed by atoms with van der Waals surface area (Å²) in [6.45, 7) is 4.17. The Morgan fingerprint density at radius 2 is 1.88 bits per heavy atom. The van der Waals surface area contributed by atoms with Gasteiger partial charge in [-0.1, -0.05) is 17.7 Å². The van der Waals surface area contributed by atoms with E-state index in [4.69, 9.17) is 0 Å². The molecule has 132 valence electrons. The summed E-state index contributed by atoms with van der Waals surface area (Å²) < 4.78 is 0. The fourth-order valence-electron chi connectivity index (χ4n) is 3.11. The van der Waals surface area contributed by atoms with Gasteiger partial charge in [0.05, 0.1) is 16.2 Å². The molecule has 1 saturated heterocycles. The third-order valence-electron chi connectivity index (χ3n) is 4.48. The number of nitrogens with zero attached hydrogens (tertiary/aromatic N) is 4. The van der Waals surface area contributed by atoms with Crippen LogP contribution < -0.4 is 4.90 Å². The molecule has 0 radical (unpaired) electrons. The number of hydrogen-bond acceptors (Lipinski definition) is 5. The first-order chi connectivity index (χ1) is 12.5. The van der Waals surface area contributed by atoms with Crippen molar-refractivity contribution in [3.8, 4) is 6.07 Å². The van der Waals surface area contributed by atoms with E-state index < -0.39 is 4.92 Å². The molecule has 1 heterocycles. The molecule has 0 spiro atoms. The third-order valence-corrected chi connectivity index (χ3v) is 4.48. The molecule has 2 aromatic rings. The zero-order valence-corrected chi connectivity index (χ0v) is 14.4. The van der Waals surface area contributed by atoms with Crippen molar-refractivity contribution in [2.75, 3.05) is 31.1 Å². The standard InChI is InChI=1S/C19H18N4O3/c1-14-3-2-4-15(11-14)19(24)22-9-7-21(8-10-22)18-6-5-17(23(25)26)12-16(18)13-20/h2-6,11-12H,7-10H2,1H3. The molecule has 0 atom stereocenters. The number of nitro benzene ring substituents is 1. The highest BCUT2D eigenvalue weighted by Gasteiger charge is 2.24. The summed E-state index contributed by atoms with van der Waals surface area (Å²) in [5, 5.41) is 20.2. The molecule has 0 unspecified atom stereocenters. The molecule has 0 N–H and O–H groups in total. The van der Waals surface area contributed by atoms with Crippen LogP contribution in [0.25, 0.3) is 0 Å². The molecular weight excluding hydrogens is 332 g/mol. The van der Waals surface area contributed by atoms with E-state index in [2.05, 4.69) is 0 Å². The van der Waals surface area contributed by atoms with Crippen LogP contribution >= 0.6 is 0 Å². The summed E-state index contributed by atoms with van der Waals surface area (Å²) in [7, 11) is 0. The Bertz CT molecular complexity index is 896. The first kappa shape index (κ1) is 17.4. The predicted molar refractivity (Wildman–Crippen MR) is 97.1 cm³/mol. The second-order valence-electron chi connectivity index (χ2n) is 6.22. The minimum Gasteiger partial charge on any atom is -0.367 e. The molecule has 1 fully saturated rings. The average Bonchev–Trinajstić information content (AvgIpc) is 2.67. The second kappa shape index (κ2) is 7.23. The van der Waals surface area contributed by atoms with E-state index in [0.29, 0.717) is 37.4 Å². The van der Waals surface area contributed by atoms with E-state index in [9.17, 15) is 20.2 Å². The highest BCUT2D eigenvalue weighted by Crippen LogP contribution is 2.26. The number of amides is 1. The van der Waals surface area contributed by atoms with Gasteiger partial charge in [0.15, 0.2) is 0 Å². The molecule has 1 aliphatic rings. The van der Waals surface area contributed by atoms with Crippen LogP contribution in [0.15, 0.2) is 42.5 Å². The van der Waals surface area contributed by atoms with Crippen LogP contribution in [0.2, 0.25) is 0 Å². The van der Waals surface area contributed by atoms with Gasteiger partial charge < -0.3 is 9.80 Å². The van der Waals surface area contributed by atoms with Crippen molar-refractivity contribution in [1.82, 2.24) is 4.90 Å². The number of hydrogen-bond donors (Lipinski definition) is 0. The highest BCUT2D eigenvalue weighted by molar-refractivity contribution is 5.94. The molecule has 1 aliphatic heterocycles. The molecule has 0 aromatic heterocycles. The number of carbonyl (C=O) groups excluding carboxylic acids is 1. The second-order valence-corrected chi connectivity index (χ2v) is 6.22. The van der Waals surface area contributed by atoms with E-state index in [1.807, 2.05) is 42.2 Å². The number of rotatable bonds is 3. The lowest BCUT2D eigenvalue weighted by atomic mass is 10.1. The monoisotopic (exact) mass is 350 g/mol. The van der Waals surface area contributed by atoms with Crippen molar-refractivity contribution in [2.24, 2.45) is 0 Å². The molecule has 3 rings (SSSR count). The van der Waals surface area contributed by atoms with Crippen LogP contribution in [0.3, 0.4) is 0 Å². The van der Waals surface area contributed by atoms with Crippen LogP contribution in [0.5, 0.6) is 0 Å². The van der Waals surface area contributed by atoms with Crippen LogP contribution in [0.4, 0.5) is 11.4 Å². The van der Waals surface area contributed by atoms with E-state index >= 15 is 0 Å². The van der Waals surface area contributed by atoms with Gasteiger partial charge >= 0.3 is 0 Å². The Kier molecular flexibility index (Phi) is 4.85. The Morgan fingerprint density at radius 1 is 1.15 bits per heavy atom. The van der Waals surface area contributed by atoms with E-state index in [-0.39, 0.29) is 17.2 Å². The van der Waals surface area contributed by atoms with Crippen LogP contribution in [0.1, 0.15) is 21.5 Å². The number of anilines is 1. The number of aryl methyl sites for hydroxylation is 1. The Hall–Kier alpha value is -3.40. The predicted octanol–water partition coefficient (Wildman–Crippen LogP) is 2.74. The lowest BCUT2D eigenvalue weighted by Gasteiger charge is -2.36. The maximum Gasteiger partial charge on any atom is 0.270 e. The SMILES string of the molecule is Cc1cccc(C(=O)N2CCN(c3ccc([N+](=O)[O-])cc3C#N)CC2)c1. The Balaban J connectivity index is 1.72.